The van der Waals surface area contributed by atoms with Crippen LogP contribution < -0.4 is 0 Å². The highest BCUT2D eigenvalue weighted by Crippen LogP contribution is 2.23. The number of aliphatic hydroxyl groups is 2. The molecule has 0 radical (unpaired) electrons. The van der Waals surface area contributed by atoms with Crippen molar-refractivity contribution < 1.29 is 10.2 Å². The fourth-order valence-corrected chi connectivity index (χ4v) is 1.86. The van der Waals surface area contributed by atoms with E-state index in [2.05, 4.69) is 10.00 Å². The molecule has 5 nitrogen and oxygen atoms in total. The van der Waals surface area contributed by atoms with E-state index in [1.807, 2.05) is 40.9 Å². The number of fused-ring (bicyclic) bond motifs is 1. The molecule has 1 aliphatic rings. The Hall–Kier alpha value is -0.910. The maximum absolute atomic E-state index is 9.06. The molecule has 0 saturated heterocycles. The first kappa shape index (κ1) is 17.1. The second-order valence-electron chi connectivity index (χ2n) is 3.75. The third kappa shape index (κ3) is 3.80. The highest BCUT2D eigenvalue weighted by molar-refractivity contribution is 5.22. The van der Waals surface area contributed by atoms with Crippen molar-refractivity contribution in [1.82, 2.24) is 14.7 Å². The van der Waals surface area contributed by atoms with Gasteiger partial charge in [0.1, 0.15) is 0 Å². The average molecular weight is 257 g/mol. The number of hydrogen-bond donors (Lipinski definition) is 2. The minimum Gasteiger partial charge on any atom is -0.394 e. The zero-order valence-electron chi connectivity index (χ0n) is 12.2. The summed E-state index contributed by atoms with van der Waals surface area (Å²) in [5.41, 5.74) is 2.31. The molecule has 1 aliphatic heterocycles. The van der Waals surface area contributed by atoms with Crippen LogP contribution in [-0.2, 0) is 13.1 Å². The molecule has 0 saturated carbocycles. The first-order valence-corrected chi connectivity index (χ1v) is 6.71. The van der Waals surface area contributed by atoms with E-state index in [-0.39, 0.29) is 19.3 Å². The Morgan fingerprint density at radius 1 is 1.17 bits per heavy atom. The Morgan fingerprint density at radius 2 is 1.72 bits per heavy atom. The minimum atomic E-state index is -0.301. The molecule has 0 bridgehead atoms. The summed E-state index contributed by atoms with van der Waals surface area (Å²) < 4.78 is 1.73. The van der Waals surface area contributed by atoms with Gasteiger partial charge >= 0.3 is 0 Å². The molecule has 2 rings (SSSR count). The number of nitrogens with zero attached hydrogens (tertiary/aromatic N) is 3. The van der Waals surface area contributed by atoms with E-state index in [0.29, 0.717) is 0 Å². The van der Waals surface area contributed by atoms with Gasteiger partial charge in [0.05, 0.1) is 31.1 Å². The Bertz CT molecular complexity index is 322. The summed E-state index contributed by atoms with van der Waals surface area (Å²) in [6, 6.07) is -0.301. The molecule has 0 aromatic carbocycles. The lowest BCUT2D eigenvalue weighted by atomic mass is 10.3. The van der Waals surface area contributed by atoms with E-state index < -0.39 is 0 Å². The van der Waals surface area contributed by atoms with Crippen LogP contribution >= 0.6 is 0 Å². The summed E-state index contributed by atoms with van der Waals surface area (Å²) in [7, 11) is 2.04. The van der Waals surface area contributed by atoms with Gasteiger partial charge in [0, 0.05) is 18.7 Å². The van der Waals surface area contributed by atoms with Crippen LogP contribution in [0.25, 0.3) is 0 Å². The van der Waals surface area contributed by atoms with E-state index >= 15 is 0 Å². The molecule has 2 heterocycles. The Balaban J connectivity index is 0.000000659. The fraction of sp³-hybridized carbons (Fsp3) is 0.769. The van der Waals surface area contributed by atoms with E-state index in [9.17, 15) is 0 Å². The van der Waals surface area contributed by atoms with Gasteiger partial charge in [-0.05, 0) is 7.05 Å². The smallest absolute Gasteiger partial charge is 0.0983 e. The molecule has 0 aliphatic carbocycles. The first-order valence-electron chi connectivity index (χ1n) is 6.71. The van der Waals surface area contributed by atoms with Gasteiger partial charge in [-0.2, -0.15) is 5.10 Å². The maximum Gasteiger partial charge on any atom is 0.0983 e. The monoisotopic (exact) mass is 257 g/mol. The second kappa shape index (κ2) is 9.08. The van der Waals surface area contributed by atoms with Crippen LogP contribution in [-0.4, -0.2) is 45.2 Å². The van der Waals surface area contributed by atoms with Crippen LogP contribution in [0, 0.1) is 0 Å². The third-order valence-corrected chi connectivity index (χ3v) is 2.61. The van der Waals surface area contributed by atoms with Crippen LogP contribution in [0.15, 0.2) is 6.20 Å². The Kier molecular flexibility index (Phi) is 8.62. The predicted molar refractivity (Wildman–Crippen MR) is 73.3 cm³/mol. The molecule has 0 amide bonds. The Labute approximate surface area is 110 Å². The summed E-state index contributed by atoms with van der Waals surface area (Å²) in [6.07, 6.45) is 1.82. The zero-order valence-corrected chi connectivity index (χ0v) is 12.2. The van der Waals surface area contributed by atoms with Crippen LogP contribution in [0.4, 0.5) is 0 Å². The summed E-state index contributed by atoms with van der Waals surface area (Å²) in [6.45, 7) is 9.59. The van der Waals surface area contributed by atoms with Crippen molar-refractivity contribution in [2.75, 3.05) is 20.3 Å². The van der Waals surface area contributed by atoms with Gasteiger partial charge < -0.3 is 10.2 Å². The number of rotatable bonds is 3. The standard InChI is InChI=1S/C9H15N3O2.2C2H6/c1-11-3-7-2-10-12(9(7)4-11)8(5-13)6-14;2*1-2/h2,8,13-14H,3-6H2,1H3;2*1-2H3. The molecular formula is C13H27N3O2. The molecule has 0 spiro atoms. The molecule has 5 heteroatoms. The third-order valence-electron chi connectivity index (χ3n) is 2.61. The molecule has 0 atom stereocenters. The van der Waals surface area contributed by atoms with Crippen molar-refractivity contribution in [3.05, 3.63) is 17.5 Å². The molecular weight excluding hydrogens is 230 g/mol. The van der Waals surface area contributed by atoms with Crippen molar-refractivity contribution >= 4 is 0 Å². The second-order valence-corrected chi connectivity index (χ2v) is 3.75. The normalized spacial score (nSPS) is 13.6. The van der Waals surface area contributed by atoms with Crippen molar-refractivity contribution in [1.29, 1.82) is 0 Å². The lowest BCUT2D eigenvalue weighted by Gasteiger charge is -2.15. The summed E-state index contributed by atoms with van der Waals surface area (Å²) >= 11 is 0. The van der Waals surface area contributed by atoms with Crippen molar-refractivity contribution in [2.24, 2.45) is 0 Å². The highest BCUT2D eigenvalue weighted by Gasteiger charge is 2.23. The predicted octanol–water partition coefficient (Wildman–Crippen LogP) is 1.41. The molecule has 2 N–H and O–H groups in total. The fourth-order valence-electron chi connectivity index (χ4n) is 1.86. The lowest BCUT2D eigenvalue weighted by Crippen LogP contribution is -2.21. The van der Waals surface area contributed by atoms with Gasteiger partial charge in [0.2, 0.25) is 0 Å². The van der Waals surface area contributed by atoms with Crippen LogP contribution in [0.3, 0.4) is 0 Å². The number of aromatic nitrogens is 2. The number of aliphatic hydroxyl groups excluding tert-OH is 2. The SMILES string of the molecule is CC.CC.CN1Cc2cnn(C(CO)CO)c2C1. The molecule has 0 fully saturated rings. The van der Waals surface area contributed by atoms with Gasteiger partial charge in [-0.25, -0.2) is 0 Å². The van der Waals surface area contributed by atoms with Gasteiger partial charge in [0.15, 0.2) is 0 Å². The summed E-state index contributed by atoms with van der Waals surface area (Å²) in [4.78, 5) is 2.18. The van der Waals surface area contributed by atoms with E-state index in [1.54, 1.807) is 4.68 Å². The topological polar surface area (TPSA) is 61.5 Å². The Morgan fingerprint density at radius 3 is 2.22 bits per heavy atom. The summed E-state index contributed by atoms with van der Waals surface area (Å²) in [5, 5.41) is 22.3. The van der Waals surface area contributed by atoms with Crippen LogP contribution in [0.2, 0.25) is 0 Å². The highest BCUT2D eigenvalue weighted by atomic mass is 16.3. The van der Waals surface area contributed by atoms with Gasteiger partial charge in [-0.3, -0.25) is 9.58 Å². The molecule has 1 aromatic heterocycles. The van der Waals surface area contributed by atoms with E-state index in [4.69, 9.17) is 10.2 Å². The van der Waals surface area contributed by atoms with Crippen LogP contribution in [0.1, 0.15) is 45.0 Å². The van der Waals surface area contributed by atoms with Gasteiger partial charge in [-0.1, -0.05) is 27.7 Å². The largest absolute Gasteiger partial charge is 0.394 e. The van der Waals surface area contributed by atoms with Crippen LogP contribution in [0.5, 0.6) is 0 Å². The van der Waals surface area contributed by atoms with Crippen molar-refractivity contribution in [2.45, 2.75) is 46.8 Å². The first-order chi connectivity index (χ1) is 8.76. The summed E-state index contributed by atoms with van der Waals surface area (Å²) in [5.74, 6) is 0. The lowest BCUT2D eigenvalue weighted by molar-refractivity contribution is 0.142. The zero-order chi connectivity index (χ0) is 14.1. The maximum atomic E-state index is 9.06. The van der Waals surface area contributed by atoms with E-state index in [0.717, 1.165) is 18.8 Å². The van der Waals surface area contributed by atoms with Crippen molar-refractivity contribution in [3.63, 3.8) is 0 Å². The average Bonchev–Trinajstić information content (AvgIpc) is 2.96. The van der Waals surface area contributed by atoms with Gasteiger partial charge in [0.25, 0.3) is 0 Å². The molecule has 1 aromatic rings. The minimum absolute atomic E-state index is 0.0751. The molecule has 106 valence electrons. The molecule has 18 heavy (non-hydrogen) atoms. The van der Waals surface area contributed by atoms with Crippen molar-refractivity contribution in [3.8, 4) is 0 Å². The van der Waals surface area contributed by atoms with E-state index in [1.165, 1.54) is 5.56 Å². The molecule has 0 unspecified atom stereocenters. The van der Waals surface area contributed by atoms with Gasteiger partial charge in [-0.15, -0.1) is 0 Å². The quantitative estimate of drug-likeness (QED) is 0.859. The number of hydrogen-bond acceptors (Lipinski definition) is 4.